The Labute approximate surface area is 70.1 Å². The Morgan fingerprint density at radius 1 is 1.75 bits per heavy atom. The van der Waals surface area contributed by atoms with E-state index in [9.17, 15) is 0 Å². The number of hydrogen-bond donors (Lipinski definition) is 0. The summed E-state index contributed by atoms with van der Waals surface area (Å²) in [6.45, 7) is 0. The van der Waals surface area contributed by atoms with Crippen molar-refractivity contribution < 1.29 is 4.84 Å². The number of hydrogen-bond acceptors (Lipinski definition) is 4. The van der Waals surface area contributed by atoms with E-state index in [1.807, 2.05) is 6.07 Å². The fourth-order valence-electron chi connectivity index (χ4n) is 0.695. The summed E-state index contributed by atoms with van der Waals surface area (Å²) in [7, 11) is 1.45. The Hall–Kier alpha value is -1.89. The van der Waals surface area contributed by atoms with Crippen LogP contribution in [0, 0.1) is 11.3 Å². The van der Waals surface area contributed by atoms with Crippen molar-refractivity contribution in [3.63, 3.8) is 0 Å². The van der Waals surface area contributed by atoms with Gasteiger partial charge in [-0.05, 0) is 12.1 Å². The zero-order chi connectivity index (χ0) is 8.81. The van der Waals surface area contributed by atoms with Gasteiger partial charge in [-0.25, -0.2) is 0 Å². The second kappa shape index (κ2) is 4.09. The van der Waals surface area contributed by atoms with Crippen LogP contribution in [0.15, 0.2) is 23.5 Å². The SMILES string of the molecule is CO/N=C/c1cc(C#N)ccn1. The fourth-order valence-corrected chi connectivity index (χ4v) is 0.695. The molecule has 1 aromatic heterocycles. The number of aromatic nitrogens is 1. The van der Waals surface area contributed by atoms with Gasteiger partial charge in [0.1, 0.15) is 7.11 Å². The molecule has 0 bridgehead atoms. The molecule has 0 aliphatic carbocycles. The Morgan fingerprint density at radius 3 is 3.25 bits per heavy atom. The quantitative estimate of drug-likeness (QED) is 0.479. The van der Waals surface area contributed by atoms with Crippen LogP contribution in [0.5, 0.6) is 0 Å². The molecule has 0 saturated carbocycles. The van der Waals surface area contributed by atoms with Crippen LogP contribution < -0.4 is 0 Å². The third-order valence-electron chi connectivity index (χ3n) is 1.20. The van der Waals surface area contributed by atoms with Gasteiger partial charge in [0.15, 0.2) is 0 Å². The van der Waals surface area contributed by atoms with Crippen molar-refractivity contribution >= 4 is 6.21 Å². The van der Waals surface area contributed by atoms with Gasteiger partial charge in [-0.1, -0.05) is 5.16 Å². The number of nitrogens with zero attached hydrogens (tertiary/aromatic N) is 3. The lowest BCUT2D eigenvalue weighted by Gasteiger charge is -1.91. The van der Waals surface area contributed by atoms with Gasteiger partial charge in [0.2, 0.25) is 0 Å². The Morgan fingerprint density at radius 2 is 2.58 bits per heavy atom. The molecule has 0 radical (unpaired) electrons. The fraction of sp³-hybridized carbons (Fsp3) is 0.125. The summed E-state index contributed by atoms with van der Waals surface area (Å²) in [5.41, 5.74) is 1.17. The van der Waals surface area contributed by atoms with Crippen molar-refractivity contribution in [3.8, 4) is 6.07 Å². The minimum atomic E-state index is 0.558. The van der Waals surface area contributed by atoms with Crippen LogP contribution in [-0.2, 0) is 4.84 Å². The molecule has 0 amide bonds. The van der Waals surface area contributed by atoms with Crippen molar-refractivity contribution in [2.45, 2.75) is 0 Å². The lowest BCUT2D eigenvalue weighted by molar-refractivity contribution is 0.215. The first-order chi connectivity index (χ1) is 5.86. The van der Waals surface area contributed by atoms with Crippen LogP contribution in [0.2, 0.25) is 0 Å². The average molecular weight is 161 g/mol. The smallest absolute Gasteiger partial charge is 0.106 e. The lowest BCUT2D eigenvalue weighted by Crippen LogP contribution is -1.88. The molecule has 0 aliphatic rings. The predicted molar refractivity (Wildman–Crippen MR) is 43.6 cm³/mol. The summed E-state index contributed by atoms with van der Waals surface area (Å²) in [5, 5.41) is 12.1. The van der Waals surface area contributed by atoms with Gasteiger partial charge in [-0.15, -0.1) is 0 Å². The van der Waals surface area contributed by atoms with E-state index < -0.39 is 0 Å². The molecule has 1 aromatic rings. The van der Waals surface area contributed by atoms with Crippen LogP contribution in [0.1, 0.15) is 11.3 Å². The lowest BCUT2D eigenvalue weighted by atomic mass is 10.2. The van der Waals surface area contributed by atoms with Crippen molar-refractivity contribution in [2.24, 2.45) is 5.16 Å². The molecule has 1 heterocycles. The molecule has 0 unspecified atom stereocenters. The van der Waals surface area contributed by atoms with Gasteiger partial charge in [0, 0.05) is 6.20 Å². The van der Waals surface area contributed by atoms with Gasteiger partial charge < -0.3 is 4.84 Å². The average Bonchev–Trinajstić information content (AvgIpc) is 2.15. The van der Waals surface area contributed by atoms with Crippen molar-refractivity contribution in [1.82, 2.24) is 4.98 Å². The zero-order valence-corrected chi connectivity index (χ0v) is 6.56. The summed E-state index contributed by atoms with van der Waals surface area (Å²) in [6, 6.07) is 5.26. The molecule has 1 rings (SSSR count). The van der Waals surface area contributed by atoms with Crippen molar-refractivity contribution in [3.05, 3.63) is 29.6 Å². The second-order valence-corrected chi connectivity index (χ2v) is 2.00. The first-order valence-corrected chi connectivity index (χ1v) is 3.29. The van der Waals surface area contributed by atoms with Gasteiger partial charge in [-0.2, -0.15) is 5.26 Å². The van der Waals surface area contributed by atoms with Crippen molar-refractivity contribution in [1.29, 1.82) is 5.26 Å². The van der Waals surface area contributed by atoms with E-state index in [-0.39, 0.29) is 0 Å². The first-order valence-electron chi connectivity index (χ1n) is 3.29. The highest BCUT2D eigenvalue weighted by Crippen LogP contribution is 1.97. The summed E-state index contributed by atoms with van der Waals surface area (Å²) >= 11 is 0. The molecular weight excluding hydrogens is 154 g/mol. The van der Waals surface area contributed by atoms with E-state index in [1.165, 1.54) is 13.3 Å². The summed E-state index contributed by atoms with van der Waals surface area (Å²) in [5.74, 6) is 0. The number of rotatable bonds is 2. The van der Waals surface area contributed by atoms with Gasteiger partial charge in [0.25, 0.3) is 0 Å². The topological polar surface area (TPSA) is 58.3 Å². The third kappa shape index (κ3) is 2.06. The second-order valence-electron chi connectivity index (χ2n) is 2.00. The minimum absolute atomic E-state index is 0.558. The number of oxime groups is 1. The molecule has 0 N–H and O–H groups in total. The van der Waals surface area contributed by atoms with Crippen LogP contribution in [0.3, 0.4) is 0 Å². The highest BCUT2D eigenvalue weighted by atomic mass is 16.6. The maximum Gasteiger partial charge on any atom is 0.106 e. The van der Waals surface area contributed by atoms with E-state index in [1.54, 1.807) is 18.3 Å². The molecule has 60 valence electrons. The summed E-state index contributed by atoms with van der Waals surface area (Å²) < 4.78 is 0. The highest BCUT2D eigenvalue weighted by molar-refractivity contribution is 5.76. The molecule has 0 aromatic carbocycles. The monoisotopic (exact) mass is 161 g/mol. The Balaban J connectivity index is 2.88. The van der Waals surface area contributed by atoms with Crippen LogP contribution in [0.4, 0.5) is 0 Å². The number of nitriles is 1. The summed E-state index contributed by atoms with van der Waals surface area (Å²) in [6.07, 6.45) is 3.00. The molecule has 12 heavy (non-hydrogen) atoms. The summed E-state index contributed by atoms with van der Waals surface area (Å²) in [4.78, 5) is 8.41. The van der Waals surface area contributed by atoms with Gasteiger partial charge >= 0.3 is 0 Å². The molecule has 0 spiro atoms. The molecule has 4 nitrogen and oxygen atoms in total. The van der Waals surface area contributed by atoms with E-state index in [4.69, 9.17) is 5.26 Å². The number of pyridine rings is 1. The molecule has 0 atom stereocenters. The van der Waals surface area contributed by atoms with E-state index in [0.29, 0.717) is 11.3 Å². The maximum atomic E-state index is 8.53. The minimum Gasteiger partial charge on any atom is -0.399 e. The first kappa shape index (κ1) is 8.21. The zero-order valence-electron chi connectivity index (χ0n) is 6.56. The molecule has 0 aliphatic heterocycles. The molecule has 0 fully saturated rings. The van der Waals surface area contributed by atoms with E-state index >= 15 is 0 Å². The standard InChI is InChI=1S/C8H7N3O/c1-12-11-6-8-4-7(5-9)2-3-10-8/h2-4,6H,1H3/b11-6+. The molecule has 4 heteroatoms. The molecular formula is C8H7N3O. The van der Waals surface area contributed by atoms with Crippen LogP contribution in [0.25, 0.3) is 0 Å². The van der Waals surface area contributed by atoms with E-state index in [0.717, 1.165) is 0 Å². The highest BCUT2D eigenvalue weighted by Gasteiger charge is 1.91. The predicted octanol–water partition coefficient (Wildman–Crippen LogP) is 0.934. The van der Waals surface area contributed by atoms with Gasteiger partial charge in [0.05, 0.1) is 23.5 Å². The molecule has 0 saturated heterocycles. The third-order valence-corrected chi connectivity index (χ3v) is 1.20. The van der Waals surface area contributed by atoms with E-state index in [2.05, 4.69) is 15.0 Å². The van der Waals surface area contributed by atoms with Crippen molar-refractivity contribution in [2.75, 3.05) is 7.11 Å². The normalized spacial score (nSPS) is 9.67. The van der Waals surface area contributed by atoms with Gasteiger partial charge in [-0.3, -0.25) is 4.98 Å². The maximum absolute atomic E-state index is 8.53. The Kier molecular flexibility index (Phi) is 2.79. The van der Waals surface area contributed by atoms with Crippen LogP contribution in [-0.4, -0.2) is 18.3 Å². The Bertz CT molecular complexity index is 327. The largest absolute Gasteiger partial charge is 0.399 e. The van der Waals surface area contributed by atoms with Crippen LogP contribution >= 0.6 is 0 Å².